The summed E-state index contributed by atoms with van der Waals surface area (Å²) < 4.78 is 5.68. The van der Waals surface area contributed by atoms with E-state index in [1.165, 1.54) is 11.1 Å². The Bertz CT molecular complexity index is 327. The second-order valence-electron chi connectivity index (χ2n) is 3.51. The lowest BCUT2D eigenvalue weighted by atomic mass is 9.97. The lowest BCUT2D eigenvalue weighted by Gasteiger charge is -2.26. The third-order valence-corrected chi connectivity index (χ3v) is 2.77. The maximum Gasteiger partial charge on any atom is 0.0951 e. The van der Waals surface area contributed by atoms with E-state index >= 15 is 0 Å². The van der Waals surface area contributed by atoms with Gasteiger partial charge in [0.25, 0.3) is 0 Å². The maximum atomic E-state index is 5.94. The molecule has 1 aromatic rings. The number of fused-ring (bicyclic) bond motifs is 1. The molecule has 0 radical (unpaired) electrons. The maximum absolute atomic E-state index is 5.94. The summed E-state index contributed by atoms with van der Waals surface area (Å²) in [7, 11) is 1.94. The number of ether oxygens (including phenoxy) is 1. The normalized spacial score (nSPS) is 20.6. The van der Waals surface area contributed by atoms with E-state index < -0.39 is 0 Å². The van der Waals surface area contributed by atoms with Crippen LogP contribution in [0.25, 0.3) is 0 Å². The Kier molecular flexibility index (Phi) is 3.06. The van der Waals surface area contributed by atoms with Crippen molar-refractivity contribution in [1.82, 2.24) is 5.32 Å². The molecule has 76 valence electrons. The first-order valence-electron chi connectivity index (χ1n) is 4.86. The summed E-state index contributed by atoms with van der Waals surface area (Å²) in [6.07, 6.45) is 1.15. The number of likely N-dealkylation sites (N-methyl/N-ethyl adjacent to an activating group) is 1. The van der Waals surface area contributed by atoms with Crippen LogP contribution in [0, 0.1) is 0 Å². The van der Waals surface area contributed by atoms with E-state index in [-0.39, 0.29) is 6.10 Å². The first-order chi connectivity index (χ1) is 6.81. The molecule has 1 aliphatic heterocycles. The van der Waals surface area contributed by atoms with Gasteiger partial charge in [0.2, 0.25) is 0 Å². The molecule has 0 aromatic heterocycles. The van der Waals surface area contributed by atoms with E-state index in [2.05, 4.69) is 11.4 Å². The molecule has 1 aliphatic rings. The van der Waals surface area contributed by atoms with Crippen LogP contribution >= 0.6 is 11.6 Å². The molecule has 0 amide bonds. The molecule has 0 unspecified atom stereocenters. The fraction of sp³-hybridized carbons (Fsp3) is 0.455. The molecule has 2 rings (SSSR count). The molecular weight excluding hydrogens is 198 g/mol. The minimum atomic E-state index is 0.181. The van der Waals surface area contributed by atoms with Crippen molar-refractivity contribution in [3.05, 3.63) is 34.3 Å². The van der Waals surface area contributed by atoms with E-state index in [1.807, 2.05) is 19.2 Å². The van der Waals surface area contributed by atoms with Crippen LogP contribution in [-0.2, 0) is 11.2 Å². The number of rotatable bonds is 2. The number of benzene rings is 1. The van der Waals surface area contributed by atoms with Gasteiger partial charge in [0, 0.05) is 11.6 Å². The predicted molar refractivity (Wildman–Crippen MR) is 57.8 cm³/mol. The Morgan fingerprint density at radius 1 is 1.57 bits per heavy atom. The van der Waals surface area contributed by atoms with Gasteiger partial charge in [-0.15, -0.1) is 0 Å². The molecule has 0 aliphatic carbocycles. The zero-order chi connectivity index (χ0) is 9.97. The van der Waals surface area contributed by atoms with Crippen LogP contribution in [0.5, 0.6) is 0 Å². The second-order valence-corrected chi connectivity index (χ2v) is 3.95. The Balaban J connectivity index is 2.30. The molecule has 0 bridgehead atoms. The number of halogens is 1. The van der Waals surface area contributed by atoms with Crippen LogP contribution in [0.4, 0.5) is 0 Å². The van der Waals surface area contributed by atoms with Crippen molar-refractivity contribution >= 4 is 11.6 Å². The van der Waals surface area contributed by atoms with Crippen LogP contribution in [0.2, 0.25) is 5.02 Å². The highest BCUT2D eigenvalue weighted by Gasteiger charge is 2.19. The number of nitrogens with one attached hydrogen (secondary N) is 1. The zero-order valence-electron chi connectivity index (χ0n) is 8.22. The van der Waals surface area contributed by atoms with Crippen LogP contribution in [0.3, 0.4) is 0 Å². The van der Waals surface area contributed by atoms with Gasteiger partial charge in [0.15, 0.2) is 0 Å². The minimum Gasteiger partial charge on any atom is -0.372 e. The lowest BCUT2D eigenvalue weighted by Crippen LogP contribution is -2.25. The average Bonchev–Trinajstić information content (AvgIpc) is 2.18. The van der Waals surface area contributed by atoms with Gasteiger partial charge in [-0.3, -0.25) is 0 Å². The molecule has 2 nitrogen and oxygen atoms in total. The largest absolute Gasteiger partial charge is 0.372 e. The Morgan fingerprint density at radius 3 is 3.21 bits per heavy atom. The fourth-order valence-electron chi connectivity index (χ4n) is 1.86. The summed E-state index contributed by atoms with van der Waals surface area (Å²) in [5.41, 5.74) is 2.60. The van der Waals surface area contributed by atoms with E-state index in [1.54, 1.807) is 0 Å². The van der Waals surface area contributed by atoms with E-state index in [0.717, 1.165) is 24.6 Å². The summed E-state index contributed by atoms with van der Waals surface area (Å²) in [4.78, 5) is 0. The lowest BCUT2D eigenvalue weighted by molar-refractivity contribution is 0.0438. The minimum absolute atomic E-state index is 0.181. The van der Waals surface area contributed by atoms with Gasteiger partial charge >= 0.3 is 0 Å². The van der Waals surface area contributed by atoms with E-state index in [0.29, 0.717) is 0 Å². The van der Waals surface area contributed by atoms with Gasteiger partial charge in [-0.05, 0) is 36.7 Å². The molecule has 0 saturated carbocycles. The summed E-state index contributed by atoms with van der Waals surface area (Å²) >= 11 is 5.94. The highest BCUT2D eigenvalue weighted by atomic mass is 35.5. The predicted octanol–water partition coefficient (Wildman–Crippen LogP) is 2.17. The zero-order valence-corrected chi connectivity index (χ0v) is 8.97. The van der Waals surface area contributed by atoms with Gasteiger partial charge < -0.3 is 10.1 Å². The highest BCUT2D eigenvalue weighted by molar-refractivity contribution is 6.30. The van der Waals surface area contributed by atoms with E-state index in [9.17, 15) is 0 Å². The molecule has 1 N–H and O–H groups in total. The quantitative estimate of drug-likeness (QED) is 0.810. The van der Waals surface area contributed by atoms with Gasteiger partial charge in [-0.25, -0.2) is 0 Å². The molecule has 0 saturated heterocycles. The molecule has 0 spiro atoms. The van der Waals surface area contributed by atoms with Crippen LogP contribution in [0.1, 0.15) is 17.2 Å². The Morgan fingerprint density at radius 2 is 2.43 bits per heavy atom. The van der Waals surface area contributed by atoms with E-state index in [4.69, 9.17) is 16.3 Å². The van der Waals surface area contributed by atoms with Crippen molar-refractivity contribution in [3.63, 3.8) is 0 Å². The van der Waals surface area contributed by atoms with Crippen LogP contribution in [-0.4, -0.2) is 20.2 Å². The number of hydrogen-bond donors (Lipinski definition) is 1. The topological polar surface area (TPSA) is 21.3 Å². The molecule has 0 fully saturated rings. The van der Waals surface area contributed by atoms with Gasteiger partial charge in [0.05, 0.1) is 12.7 Å². The second kappa shape index (κ2) is 4.30. The molecule has 1 heterocycles. The van der Waals surface area contributed by atoms with Crippen molar-refractivity contribution in [2.24, 2.45) is 0 Å². The van der Waals surface area contributed by atoms with Crippen molar-refractivity contribution in [1.29, 1.82) is 0 Å². The van der Waals surface area contributed by atoms with Gasteiger partial charge in [-0.2, -0.15) is 0 Å². The van der Waals surface area contributed by atoms with Crippen LogP contribution < -0.4 is 5.32 Å². The third-order valence-electron chi connectivity index (χ3n) is 2.53. The van der Waals surface area contributed by atoms with Crippen LogP contribution in [0.15, 0.2) is 18.2 Å². The third kappa shape index (κ3) is 1.92. The van der Waals surface area contributed by atoms with Crippen molar-refractivity contribution in [3.8, 4) is 0 Å². The molecular formula is C11H14ClNO. The SMILES string of the molecule is CNC[C@H]1OCCc2cc(Cl)ccc21. The summed E-state index contributed by atoms with van der Waals surface area (Å²) in [5.74, 6) is 0. The monoisotopic (exact) mass is 211 g/mol. The van der Waals surface area contributed by atoms with Gasteiger partial charge in [-0.1, -0.05) is 17.7 Å². The molecule has 1 aromatic carbocycles. The first kappa shape index (κ1) is 9.97. The first-order valence-corrected chi connectivity index (χ1v) is 5.23. The molecule has 1 atom stereocenters. The highest BCUT2D eigenvalue weighted by Crippen LogP contribution is 2.28. The standard InChI is InChI=1S/C11H14ClNO/c1-13-7-11-10-3-2-9(12)6-8(10)4-5-14-11/h2-3,6,11,13H,4-5,7H2,1H3/t11-/m1/s1. The number of hydrogen-bond acceptors (Lipinski definition) is 2. The summed E-state index contributed by atoms with van der Waals surface area (Å²) in [6, 6.07) is 6.04. The molecule has 3 heteroatoms. The van der Waals surface area contributed by atoms with Crippen molar-refractivity contribution < 1.29 is 4.74 Å². The van der Waals surface area contributed by atoms with Crippen molar-refractivity contribution in [2.45, 2.75) is 12.5 Å². The summed E-state index contributed by atoms with van der Waals surface area (Å²) in [6.45, 7) is 1.65. The van der Waals surface area contributed by atoms with Gasteiger partial charge in [0.1, 0.15) is 0 Å². The summed E-state index contributed by atoms with van der Waals surface area (Å²) in [5, 5.41) is 3.95. The fourth-order valence-corrected chi connectivity index (χ4v) is 2.05. The van der Waals surface area contributed by atoms with Crippen molar-refractivity contribution in [2.75, 3.05) is 20.2 Å². The Hall–Kier alpha value is -0.570. The Labute approximate surface area is 89.2 Å². The average molecular weight is 212 g/mol. The smallest absolute Gasteiger partial charge is 0.0951 e. The molecule has 14 heavy (non-hydrogen) atoms.